The number of methoxy groups -OCH3 is 1. The van der Waals surface area contributed by atoms with Crippen LogP contribution in [0.1, 0.15) is 30.9 Å². The van der Waals surface area contributed by atoms with Gasteiger partial charge < -0.3 is 15.2 Å². The van der Waals surface area contributed by atoms with Crippen LogP contribution in [-0.4, -0.2) is 13.5 Å². The van der Waals surface area contributed by atoms with E-state index in [1.54, 1.807) is 0 Å². The molecule has 3 nitrogen and oxygen atoms in total. The van der Waals surface area contributed by atoms with Crippen molar-refractivity contribution in [1.82, 2.24) is 0 Å². The maximum Gasteiger partial charge on any atom is 0.573 e. The van der Waals surface area contributed by atoms with Gasteiger partial charge in [0.05, 0.1) is 7.11 Å². The molecule has 0 spiro atoms. The van der Waals surface area contributed by atoms with E-state index >= 15 is 0 Å². The second kappa shape index (κ2) is 5.28. The van der Waals surface area contributed by atoms with Gasteiger partial charge in [-0.25, -0.2) is 0 Å². The molecule has 0 aromatic heterocycles. The third-order valence-electron chi connectivity index (χ3n) is 3.45. The number of benzene rings is 1. The zero-order valence-corrected chi connectivity index (χ0v) is 10.5. The summed E-state index contributed by atoms with van der Waals surface area (Å²) in [5.74, 6) is 0.530. The van der Waals surface area contributed by atoms with Gasteiger partial charge in [0, 0.05) is 11.6 Å². The van der Waals surface area contributed by atoms with E-state index in [4.69, 9.17) is 10.5 Å². The number of hydrogen-bond acceptors (Lipinski definition) is 3. The van der Waals surface area contributed by atoms with Gasteiger partial charge in [-0.1, -0.05) is 6.42 Å². The number of hydrogen-bond donors (Lipinski definition) is 1. The first kappa shape index (κ1) is 14.0. The standard InChI is InChI=1S/C13H16F3NO2/c1-18-11-6-5-9(19-13(14,15)16)7-10(11)12(17)8-3-2-4-8/h5-8,12H,2-4,17H2,1H3/t12-/m0/s1. The molecular formula is C13H16F3NO2. The largest absolute Gasteiger partial charge is 0.573 e. The van der Waals surface area contributed by atoms with Crippen LogP contribution in [-0.2, 0) is 0 Å². The van der Waals surface area contributed by atoms with E-state index in [9.17, 15) is 13.2 Å². The third-order valence-corrected chi connectivity index (χ3v) is 3.45. The van der Waals surface area contributed by atoms with Gasteiger partial charge in [0.15, 0.2) is 0 Å². The number of alkyl halides is 3. The molecule has 1 aromatic carbocycles. The van der Waals surface area contributed by atoms with Gasteiger partial charge >= 0.3 is 6.36 Å². The van der Waals surface area contributed by atoms with Crippen LogP contribution >= 0.6 is 0 Å². The van der Waals surface area contributed by atoms with E-state index in [1.165, 1.54) is 25.3 Å². The van der Waals surface area contributed by atoms with Crippen LogP contribution < -0.4 is 15.2 Å². The summed E-state index contributed by atoms with van der Waals surface area (Å²) < 4.78 is 45.7. The van der Waals surface area contributed by atoms with Crippen molar-refractivity contribution < 1.29 is 22.6 Å². The number of ether oxygens (including phenoxy) is 2. The predicted octanol–water partition coefficient (Wildman–Crippen LogP) is 3.39. The topological polar surface area (TPSA) is 44.5 Å². The lowest BCUT2D eigenvalue weighted by Gasteiger charge is -2.32. The Morgan fingerprint density at radius 2 is 2.00 bits per heavy atom. The first-order chi connectivity index (χ1) is 8.90. The maximum atomic E-state index is 12.2. The molecule has 0 saturated heterocycles. The van der Waals surface area contributed by atoms with Crippen LogP contribution in [0.4, 0.5) is 13.2 Å². The van der Waals surface area contributed by atoms with Crippen molar-refractivity contribution >= 4 is 0 Å². The second-order valence-corrected chi connectivity index (χ2v) is 4.67. The molecule has 6 heteroatoms. The molecule has 0 heterocycles. The normalized spacial score (nSPS) is 17.7. The van der Waals surface area contributed by atoms with Gasteiger partial charge in [-0.2, -0.15) is 0 Å². The quantitative estimate of drug-likeness (QED) is 0.916. The lowest BCUT2D eigenvalue weighted by atomic mass is 9.77. The lowest BCUT2D eigenvalue weighted by Crippen LogP contribution is -2.27. The average molecular weight is 275 g/mol. The summed E-state index contributed by atoms with van der Waals surface area (Å²) in [5.41, 5.74) is 6.66. The summed E-state index contributed by atoms with van der Waals surface area (Å²) in [5, 5.41) is 0. The maximum absolute atomic E-state index is 12.2. The Morgan fingerprint density at radius 1 is 1.32 bits per heavy atom. The molecule has 0 aliphatic heterocycles. The summed E-state index contributed by atoms with van der Waals surface area (Å²) in [6.45, 7) is 0. The van der Waals surface area contributed by atoms with Crippen molar-refractivity contribution in [3.8, 4) is 11.5 Å². The van der Waals surface area contributed by atoms with E-state index in [0.29, 0.717) is 17.2 Å². The molecule has 19 heavy (non-hydrogen) atoms. The highest BCUT2D eigenvalue weighted by molar-refractivity contribution is 5.42. The fourth-order valence-electron chi connectivity index (χ4n) is 2.22. The zero-order valence-electron chi connectivity index (χ0n) is 10.5. The van der Waals surface area contributed by atoms with Gasteiger partial charge in [-0.15, -0.1) is 13.2 Å². The SMILES string of the molecule is COc1ccc(OC(F)(F)F)cc1[C@@H](N)C1CCC1. The number of halogens is 3. The van der Waals surface area contributed by atoms with Crippen LogP contribution in [0.2, 0.25) is 0 Å². The monoisotopic (exact) mass is 275 g/mol. The molecule has 106 valence electrons. The Kier molecular flexibility index (Phi) is 3.89. The Balaban J connectivity index is 2.25. The molecule has 2 rings (SSSR count). The van der Waals surface area contributed by atoms with Crippen molar-refractivity contribution in [2.45, 2.75) is 31.7 Å². The average Bonchev–Trinajstić information content (AvgIpc) is 2.24. The van der Waals surface area contributed by atoms with Crippen molar-refractivity contribution in [1.29, 1.82) is 0 Å². The van der Waals surface area contributed by atoms with Crippen molar-refractivity contribution in [2.24, 2.45) is 11.7 Å². The molecule has 2 N–H and O–H groups in total. The molecule has 1 fully saturated rings. The van der Waals surface area contributed by atoms with Crippen LogP contribution in [0.25, 0.3) is 0 Å². The summed E-state index contributed by atoms with van der Waals surface area (Å²) in [6.07, 6.45) is -1.60. The van der Waals surface area contributed by atoms with Crippen molar-refractivity contribution in [2.75, 3.05) is 7.11 Å². The summed E-state index contributed by atoms with van der Waals surface area (Å²) in [6, 6.07) is 3.67. The van der Waals surface area contributed by atoms with E-state index in [-0.39, 0.29) is 11.8 Å². The smallest absolute Gasteiger partial charge is 0.496 e. The first-order valence-electron chi connectivity index (χ1n) is 6.10. The highest BCUT2D eigenvalue weighted by Gasteiger charge is 2.32. The Bertz CT molecular complexity index is 444. The molecule has 0 radical (unpaired) electrons. The Morgan fingerprint density at radius 3 is 2.47 bits per heavy atom. The van der Waals surface area contributed by atoms with Crippen LogP contribution in [0.15, 0.2) is 18.2 Å². The fraction of sp³-hybridized carbons (Fsp3) is 0.538. The van der Waals surface area contributed by atoms with Crippen LogP contribution in [0, 0.1) is 5.92 Å². The van der Waals surface area contributed by atoms with Crippen molar-refractivity contribution in [3.63, 3.8) is 0 Å². The highest BCUT2D eigenvalue weighted by Crippen LogP contribution is 2.40. The number of rotatable bonds is 4. The first-order valence-corrected chi connectivity index (χ1v) is 6.10. The summed E-state index contributed by atoms with van der Waals surface area (Å²) in [4.78, 5) is 0. The van der Waals surface area contributed by atoms with Gasteiger partial charge in [-0.3, -0.25) is 0 Å². The van der Waals surface area contributed by atoms with Crippen LogP contribution in [0.3, 0.4) is 0 Å². The predicted molar refractivity (Wildman–Crippen MR) is 63.9 cm³/mol. The van der Waals surface area contributed by atoms with Gasteiger partial charge in [0.1, 0.15) is 11.5 Å². The van der Waals surface area contributed by atoms with Crippen LogP contribution in [0.5, 0.6) is 11.5 Å². The Hall–Kier alpha value is -1.43. The van der Waals surface area contributed by atoms with Crippen molar-refractivity contribution in [3.05, 3.63) is 23.8 Å². The molecule has 1 aliphatic carbocycles. The highest BCUT2D eigenvalue weighted by atomic mass is 19.4. The minimum atomic E-state index is -4.70. The fourth-order valence-corrected chi connectivity index (χ4v) is 2.22. The molecule has 1 saturated carbocycles. The molecule has 1 aromatic rings. The molecule has 1 atom stereocenters. The van der Waals surface area contributed by atoms with E-state index in [0.717, 1.165) is 19.3 Å². The second-order valence-electron chi connectivity index (χ2n) is 4.67. The minimum Gasteiger partial charge on any atom is -0.496 e. The van der Waals surface area contributed by atoms with Gasteiger partial charge in [0.2, 0.25) is 0 Å². The van der Waals surface area contributed by atoms with E-state index < -0.39 is 6.36 Å². The van der Waals surface area contributed by atoms with Gasteiger partial charge in [-0.05, 0) is 37.0 Å². The molecule has 0 unspecified atom stereocenters. The Labute approximate surface area is 109 Å². The molecular weight excluding hydrogens is 259 g/mol. The third kappa shape index (κ3) is 3.32. The minimum absolute atomic E-state index is 0.266. The summed E-state index contributed by atoms with van der Waals surface area (Å²) >= 11 is 0. The number of nitrogens with two attached hydrogens (primary N) is 1. The van der Waals surface area contributed by atoms with E-state index in [2.05, 4.69) is 4.74 Å². The lowest BCUT2D eigenvalue weighted by molar-refractivity contribution is -0.274. The van der Waals surface area contributed by atoms with Gasteiger partial charge in [0.25, 0.3) is 0 Å². The summed E-state index contributed by atoms with van der Waals surface area (Å²) in [7, 11) is 1.47. The van der Waals surface area contributed by atoms with E-state index in [1.807, 2.05) is 0 Å². The zero-order chi connectivity index (χ0) is 14.0. The molecule has 0 amide bonds. The molecule has 0 bridgehead atoms. The molecule has 1 aliphatic rings.